The number of nitrogens with one attached hydrogen (secondary N) is 1. The number of hydrogen-bond acceptors (Lipinski definition) is 4. The molecule has 0 fully saturated rings. The van der Waals surface area contributed by atoms with Crippen molar-refractivity contribution in [1.82, 2.24) is 0 Å². The number of carbonyl (C=O) groups excluding carboxylic acids is 2. The van der Waals surface area contributed by atoms with Gasteiger partial charge in [0.25, 0.3) is 5.91 Å². The first-order valence-corrected chi connectivity index (χ1v) is 8.66. The number of halogens is 1. The molecule has 0 aliphatic heterocycles. The molecule has 6 heteroatoms. The lowest BCUT2D eigenvalue weighted by molar-refractivity contribution is -0.119. The maximum absolute atomic E-state index is 12.0. The minimum Gasteiger partial charge on any atom is -0.452 e. The minimum absolute atomic E-state index is 0.139. The van der Waals surface area contributed by atoms with E-state index in [1.165, 1.54) is 0 Å². The van der Waals surface area contributed by atoms with Gasteiger partial charge in [-0.2, -0.15) is 0 Å². The van der Waals surface area contributed by atoms with Gasteiger partial charge in [0.15, 0.2) is 6.61 Å². The number of amides is 1. The molecule has 5 nitrogen and oxygen atoms in total. The van der Waals surface area contributed by atoms with Gasteiger partial charge in [-0.25, -0.2) is 4.79 Å². The molecule has 138 valence electrons. The van der Waals surface area contributed by atoms with Crippen LogP contribution in [0.5, 0.6) is 0 Å². The van der Waals surface area contributed by atoms with Crippen LogP contribution in [0, 0.1) is 6.92 Å². The van der Waals surface area contributed by atoms with Crippen LogP contribution in [-0.2, 0) is 20.9 Å². The summed E-state index contributed by atoms with van der Waals surface area (Å²) in [5.41, 5.74) is 2.80. The van der Waals surface area contributed by atoms with Crippen LogP contribution < -0.4 is 5.32 Å². The van der Waals surface area contributed by atoms with Gasteiger partial charge < -0.3 is 14.8 Å². The molecular formula is C20H22ClNO4. The molecule has 2 rings (SSSR count). The summed E-state index contributed by atoms with van der Waals surface area (Å²) in [5.74, 6) is -1.02. The first kappa shape index (κ1) is 19.9. The monoisotopic (exact) mass is 375 g/mol. The van der Waals surface area contributed by atoms with Crippen LogP contribution >= 0.6 is 11.6 Å². The number of hydrogen-bond donors (Lipinski definition) is 1. The molecule has 1 amide bonds. The molecule has 2 aromatic carbocycles. The van der Waals surface area contributed by atoms with Crippen molar-refractivity contribution in [2.24, 2.45) is 0 Å². The third-order valence-electron chi connectivity index (χ3n) is 3.51. The van der Waals surface area contributed by atoms with Crippen LogP contribution in [0.2, 0.25) is 5.02 Å². The number of ether oxygens (including phenoxy) is 2. The summed E-state index contributed by atoms with van der Waals surface area (Å²) in [4.78, 5) is 24.0. The maximum atomic E-state index is 12.0. The zero-order chi connectivity index (χ0) is 19.1. The van der Waals surface area contributed by atoms with E-state index in [-0.39, 0.29) is 12.7 Å². The standard InChI is InChI=1S/C20H22ClNO4/c1-13(2)25-11-15-5-7-16(8-6-15)20(24)26-12-19(23)22-18-9-4-14(3)10-17(18)21/h4-10,13H,11-12H2,1-3H3,(H,22,23). The molecular weight excluding hydrogens is 354 g/mol. The third kappa shape index (κ3) is 6.17. The van der Waals surface area contributed by atoms with Crippen LogP contribution in [0.1, 0.15) is 35.3 Å². The van der Waals surface area contributed by atoms with Crippen molar-refractivity contribution in [3.8, 4) is 0 Å². The number of aryl methyl sites for hydroxylation is 1. The summed E-state index contributed by atoms with van der Waals surface area (Å²) >= 11 is 6.06. The number of benzene rings is 2. The Hall–Kier alpha value is -2.37. The van der Waals surface area contributed by atoms with Crippen LogP contribution in [0.4, 0.5) is 5.69 Å². The van der Waals surface area contributed by atoms with Crippen LogP contribution in [0.3, 0.4) is 0 Å². The second kappa shape index (κ2) is 9.36. The predicted molar refractivity (Wildman–Crippen MR) is 101 cm³/mol. The Labute approximate surface area is 158 Å². The molecule has 0 spiro atoms. The van der Waals surface area contributed by atoms with Gasteiger partial charge in [0.1, 0.15) is 0 Å². The largest absolute Gasteiger partial charge is 0.452 e. The molecule has 0 radical (unpaired) electrons. The van der Waals surface area contributed by atoms with E-state index in [1.54, 1.807) is 36.4 Å². The molecule has 0 saturated heterocycles. The first-order chi connectivity index (χ1) is 12.3. The molecule has 0 unspecified atom stereocenters. The van der Waals surface area contributed by atoms with Gasteiger partial charge in [0, 0.05) is 0 Å². The number of carbonyl (C=O) groups is 2. The van der Waals surface area contributed by atoms with Crippen molar-refractivity contribution < 1.29 is 19.1 Å². The van der Waals surface area contributed by atoms with Crippen LogP contribution in [0.25, 0.3) is 0 Å². The highest BCUT2D eigenvalue weighted by atomic mass is 35.5. The van der Waals surface area contributed by atoms with E-state index >= 15 is 0 Å². The normalized spacial score (nSPS) is 10.7. The molecule has 0 aliphatic carbocycles. The van der Waals surface area contributed by atoms with Gasteiger partial charge in [-0.3, -0.25) is 4.79 Å². The lowest BCUT2D eigenvalue weighted by Gasteiger charge is -2.09. The number of anilines is 1. The SMILES string of the molecule is Cc1ccc(NC(=O)COC(=O)c2ccc(COC(C)C)cc2)c(Cl)c1. The van der Waals surface area contributed by atoms with Gasteiger partial charge in [-0.1, -0.05) is 29.8 Å². The molecule has 0 heterocycles. The highest BCUT2D eigenvalue weighted by Gasteiger charge is 2.12. The molecule has 0 aromatic heterocycles. The van der Waals surface area contributed by atoms with Crippen LogP contribution in [-0.4, -0.2) is 24.6 Å². The Kier molecular flexibility index (Phi) is 7.18. The fourth-order valence-electron chi connectivity index (χ4n) is 2.12. The average Bonchev–Trinajstić information content (AvgIpc) is 2.60. The average molecular weight is 376 g/mol. The molecule has 0 aliphatic rings. The van der Waals surface area contributed by atoms with E-state index in [4.69, 9.17) is 21.1 Å². The summed E-state index contributed by atoms with van der Waals surface area (Å²) < 4.78 is 10.5. The van der Waals surface area contributed by atoms with E-state index < -0.39 is 11.9 Å². The van der Waals surface area contributed by atoms with E-state index in [0.29, 0.717) is 22.9 Å². The molecule has 0 bridgehead atoms. The van der Waals surface area contributed by atoms with Crippen molar-refractivity contribution in [1.29, 1.82) is 0 Å². The van der Waals surface area contributed by atoms with Crippen molar-refractivity contribution in [2.75, 3.05) is 11.9 Å². The molecule has 1 N–H and O–H groups in total. The van der Waals surface area contributed by atoms with Crippen molar-refractivity contribution in [3.05, 3.63) is 64.2 Å². The summed E-state index contributed by atoms with van der Waals surface area (Å²) in [6.07, 6.45) is 0.139. The molecule has 0 saturated carbocycles. The minimum atomic E-state index is -0.563. The van der Waals surface area contributed by atoms with Gasteiger partial charge in [-0.15, -0.1) is 0 Å². The zero-order valence-corrected chi connectivity index (χ0v) is 15.8. The smallest absolute Gasteiger partial charge is 0.338 e. The topological polar surface area (TPSA) is 64.6 Å². The fourth-order valence-corrected chi connectivity index (χ4v) is 2.40. The Balaban J connectivity index is 1.84. The predicted octanol–water partition coefficient (Wildman–Crippen LogP) is 4.37. The summed E-state index contributed by atoms with van der Waals surface area (Å²) in [6.45, 7) is 5.91. The lowest BCUT2D eigenvalue weighted by Crippen LogP contribution is -2.21. The van der Waals surface area contributed by atoms with E-state index in [9.17, 15) is 9.59 Å². The van der Waals surface area contributed by atoms with Crippen molar-refractivity contribution in [2.45, 2.75) is 33.5 Å². The summed E-state index contributed by atoms with van der Waals surface area (Å²) in [7, 11) is 0. The zero-order valence-electron chi connectivity index (χ0n) is 15.0. The van der Waals surface area contributed by atoms with Gasteiger partial charge in [0.2, 0.25) is 0 Å². The molecule has 2 aromatic rings. The Bertz CT molecular complexity index is 772. The highest BCUT2D eigenvalue weighted by Crippen LogP contribution is 2.22. The van der Waals surface area contributed by atoms with Crippen molar-refractivity contribution >= 4 is 29.2 Å². The lowest BCUT2D eigenvalue weighted by atomic mass is 10.1. The third-order valence-corrected chi connectivity index (χ3v) is 3.82. The fraction of sp³-hybridized carbons (Fsp3) is 0.300. The van der Waals surface area contributed by atoms with Crippen molar-refractivity contribution in [3.63, 3.8) is 0 Å². The van der Waals surface area contributed by atoms with Gasteiger partial charge in [-0.05, 0) is 56.2 Å². The second-order valence-electron chi connectivity index (χ2n) is 6.16. The summed E-state index contributed by atoms with van der Waals surface area (Å²) in [6, 6.07) is 12.2. The van der Waals surface area contributed by atoms with Gasteiger partial charge >= 0.3 is 5.97 Å². The quantitative estimate of drug-likeness (QED) is 0.730. The Morgan fingerprint density at radius 3 is 2.42 bits per heavy atom. The second-order valence-corrected chi connectivity index (χ2v) is 6.57. The van der Waals surface area contributed by atoms with E-state index in [1.807, 2.05) is 26.8 Å². The summed E-state index contributed by atoms with van der Waals surface area (Å²) in [5, 5.41) is 3.05. The molecule has 26 heavy (non-hydrogen) atoms. The Morgan fingerprint density at radius 1 is 1.12 bits per heavy atom. The highest BCUT2D eigenvalue weighted by molar-refractivity contribution is 6.33. The number of esters is 1. The first-order valence-electron chi connectivity index (χ1n) is 8.29. The maximum Gasteiger partial charge on any atom is 0.338 e. The van der Waals surface area contributed by atoms with E-state index in [2.05, 4.69) is 5.32 Å². The Morgan fingerprint density at radius 2 is 1.81 bits per heavy atom. The van der Waals surface area contributed by atoms with Gasteiger partial charge in [0.05, 0.1) is 29.0 Å². The number of rotatable bonds is 7. The molecule has 0 atom stereocenters. The van der Waals surface area contributed by atoms with E-state index in [0.717, 1.165) is 11.1 Å². The van der Waals surface area contributed by atoms with Crippen LogP contribution in [0.15, 0.2) is 42.5 Å².